The van der Waals surface area contributed by atoms with E-state index in [0.717, 1.165) is 0 Å². The molecule has 0 atom stereocenters. The molecule has 10 nitrogen and oxygen atoms in total. The summed E-state index contributed by atoms with van der Waals surface area (Å²) in [6, 6.07) is 46.8. The molecule has 0 saturated heterocycles. The first kappa shape index (κ1) is 43.0. The fourth-order valence-corrected chi connectivity index (χ4v) is 9.22. The van der Waals surface area contributed by atoms with E-state index in [4.69, 9.17) is 30.0 Å². The Kier molecular flexibility index (Phi) is 17.8. The van der Waals surface area contributed by atoms with Crippen molar-refractivity contribution in [1.82, 2.24) is 10.6 Å². The van der Waals surface area contributed by atoms with Gasteiger partial charge >= 0.3 is 17.1 Å². The Labute approximate surface area is 341 Å². The van der Waals surface area contributed by atoms with Crippen LogP contribution in [0.1, 0.15) is 11.1 Å². The summed E-state index contributed by atoms with van der Waals surface area (Å²) in [6.07, 6.45) is 0.500. The normalized spacial score (nSPS) is 12.2. The van der Waals surface area contributed by atoms with Crippen LogP contribution in [0.2, 0.25) is 0 Å². The zero-order valence-electron chi connectivity index (χ0n) is 28.4. The summed E-state index contributed by atoms with van der Waals surface area (Å²) in [6.45, 7) is 0.765. The summed E-state index contributed by atoms with van der Waals surface area (Å²) in [5, 5.41) is 38.5. The summed E-state index contributed by atoms with van der Waals surface area (Å²) >= 11 is 10.7. The van der Waals surface area contributed by atoms with Crippen molar-refractivity contribution in [3.05, 3.63) is 167 Å². The van der Waals surface area contributed by atoms with Crippen molar-refractivity contribution < 1.29 is 43.7 Å². The predicted molar refractivity (Wildman–Crippen MR) is 215 cm³/mol. The fourth-order valence-electron chi connectivity index (χ4n) is 5.25. The number of hydrogen-bond donors (Lipinski definition) is 2. The second-order valence-electron chi connectivity index (χ2n) is 10.9. The average Bonchev–Trinajstić information content (AvgIpc) is 3.19. The molecule has 0 aromatic heterocycles. The Hall–Kier alpha value is -4.39. The summed E-state index contributed by atoms with van der Waals surface area (Å²) in [5.41, 5.74) is 1.78. The summed E-state index contributed by atoms with van der Waals surface area (Å²) in [7, 11) is -0.510. The van der Waals surface area contributed by atoms with Crippen molar-refractivity contribution in [2.75, 3.05) is 26.5 Å². The van der Waals surface area contributed by atoms with Gasteiger partial charge in [-0.2, -0.15) is 10.2 Å². The number of nitro groups is 1. The summed E-state index contributed by atoms with van der Waals surface area (Å²) < 4.78 is 6.45. The van der Waals surface area contributed by atoms with Gasteiger partial charge < -0.3 is 57.6 Å². The number of nitro benzene ring substituents is 1. The Bertz CT molecular complexity index is 1920. The molecule has 275 valence electrons. The molecular formula is C38H35BrCuN7O3PS2. The zero-order valence-corrected chi connectivity index (χ0v) is 33.4. The Morgan fingerprint density at radius 2 is 1.08 bits per heavy atom. The van der Waals surface area contributed by atoms with Crippen LogP contribution in [-0.4, -0.2) is 53.2 Å². The van der Waals surface area contributed by atoms with Gasteiger partial charge in [0.25, 0.3) is 5.69 Å². The molecule has 0 heterocycles. The van der Waals surface area contributed by atoms with E-state index in [9.17, 15) is 10.1 Å². The second-order valence-corrected chi connectivity index (χ2v) is 15.1. The second kappa shape index (κ2) is 22.0. The number of halogens is 1. The third-order valence-electron chi connectivity index (χ3n) is 7.72. The Morgan fingerprint density at radius 1 is 0.660 bits per heavy atom. The SMILES string of the molecule is CNC([S-])=NN=C(C(=NN=C([S-])NCCOC[P+](c1ccccc1)(c1ccccc1)c1ccccc1)c1ccccc1)c1ccc([N+](=O)[O-])cc1.[Br-].[Cu+2]. The van der Waals surface area contributed by atoms with Gasteiger partial charge in [0, 0.05) is 36.9 Å². The molecule has 0 aliphatic carbocycles. The first-order valence-corrected chi connectivity index (χ1v) is 18.7. The minimum Gasteiger partial charge on any atom is -1.00 e. The van der Waals surface area contributed by atoms with Gasteiger partial charge in [-0.3, -0.25) is 10.1 Å². The zero-order chi connectivity index (χ0) is 35.9. The summed E-state index contributed by atoms with van der Waals surface area (Å²) in [4.78, 5) is 10.8. The van der Waals surface area contributed by atoms with Gasteiger partial charge in [0.2, 0.25) is 0 Å². The van der Waals surface area contributed by atoms with Gasteiger partial charge in [-0.15, -0.1) is 10.2 Å². The largest absolute Gasteiger partial charge is 2.00 e. The van der Waals surface area contributed by atoms with E-state index < -0.39 is 12.2 Å². The van der Waals surface area contributed by atoms with Crippen LogP contribution in [0.25, 0.3) is 0 Å². The number of amidine groups is 2. The number of nitrogens with one attached hydrogen (secondary N) is 2. The van der Waals surface area contributed by atoms with E-state index in [0.29, 0.717) is 42.0 Å². The van der Waals surface area contributed by atoms with Crippen LogP contribution >= 0.6 is 7.26 Å². The molecule has 1 radical (unpaired) electrons. The van der Waals surface area contributed by atoms with Crippen molar-refractivity contribution in [3.63, 3.8) is 0 Å². The smallest absolute Gasteiger partial charge is 1.00 e. The first-order valence-electron chi connectivity index (χ1n) is 15.9. The minimum absolute atomic E-state index is 0. The van der Waals surface area contributed by atoms with E-state index in [1.165, 1.54) is 28.0 Å². The first-order chi connectivity index (χ1) is 24.9. The molecule has 5 aromatic rings. The monoisotopic (exact) mass is 874 g/mol. The van der Waals surface area contributed by atoms with Crippen LogP contribution in [0.3, 0.4) is 0 Å². The van der Waals surface area contributed by atoms with E-state index in [-0.39, 0.29) is 50.1 Å². The maximum Gasteiger partial charge on any atom is 2.00 e. The fraction of sp³-hybridized carbons (Fsp3) is 0.105. The van der Waals surface area contributed by atoms with Crippen LogP contribution in [0.4, 0.5) is 5.69 Å². The number of hydrogen-bond acceptors (Lipinski definition) is 9. The van der Waals surface area contributed by atoms with E-state index in [1.807, 2.05) is 48.5 Å². The van der Waals surface area contributed by atoms with Crippen molar-refractivity contribution in [2.24, 2.45) is 20.4 Å². The molecule has 2 N–H and O–H groups in total. The maximum atomic E-state index is 11.3. The average molecular weight is 876 g/mol. The van der Waals surface area contributed by atoms with Crippen LogP contribution in [0.15, 0.2) is 166 Å². The number of ether oxygens (including phenoxy) is 1. The molecular weight excluding hydrogens is 841 g/mol. The number of non-ortho nitro benzene ring substituents is 1. The van der Waals surface area contributed by atoms with Gasteiger partial charge in [0.1, 0.15) is 34.6 Å². The molecule has 53 heavy (non-hydrogen) atoms. The van der Waals surface area contributed by atoms with Gasteiger partial charge in [0.15, 0.2) is 6.35 Å². The molecule has 0 amide bonds. The molecule has 0 aliphatic heterocycles. The van der Waals surface area contributed by atoms with Crippen LogP contribution in [-0.2, 0) is 47.1 Å². The number of benzene rings is 5. The van der Waals surface area contributed by atoms with Crippen molar-refractivity contribution in [2.45, 2.75) is 0 Å². The van der Waals surface area contributed by atoms with Gasteiger partial charge in [-0.1, -0.05) is 84.9 Å². The molecule has 0 bridgehead atoms. The number of rotatable bonds is 14. The number of nitrogens with zero attached hydrogens (tertiary/aromatic N) is 5. The molecule has 0 aliphatic rings. The molecule has 0 fully saturated rings. The third kappa shape index (κ3) is 11.5. The van der Waals surface area contributed by atoms with E-state index >= 15 is 0 Å². The maximum absolute atomic E-state index is 11.3. The Balaban J connectivity index is 0.00000378. The molecule has 5 aromatic carbocycles. The minimum atomic E-state index is -2.14. The van der Waals surface area contributed by atoms with Crippen LogP contribution < -0.4 is 43.5 Å². The van der Waals surface area contributed by atoms with E-state index in [1.54, 1.807) is 19.2 Å². The van der Waals surface area contributed by atoms with Crippen molar-refractivity contribution in [1.29, 1.82) is 0 Å². The van der Waals surface area contributed by atoms with Crippen LogP contribution in [0, 0.1) is 10.1 Å². The Morgan fingerprint density at radius 3 is 1.51 bits per heavy atom. The van der Waals surface area contributed by atoms with Gasteiger partial charge in [0.05, 0.1) is 11.5 Å². The van der Waals surface area contributed by atoms with Gasteiger partial charge in [-0.25, -0.2) is 0 Å². The molecule has 15 heteroatoms. The quantitative estimate of drug-likeness (QED) is 0.0257. The third-order valence-corrected chi connectivity index (χ3v) is 12.3. The predicted octanol–water partition coefficient (Wildman–Crippen LogP) is 2.29. The molecule has 0 unspecified atom stereocenters. The summed E-state index contributed by atoms with van der Waals surface area (Å²) in [5.74, 6) is 0. The van der Waals surface area contributed by atoms with E-state index in [2.05, 4.69) is 104 Å². The molecule has 5 rings (SSSR count). The van der Waals surface area contributed by atoms with Crippen molar-refractivity contribution in [3.8, 4) is 0 Å². The molecule has 0 saturated carbocycles. The van der Waals surface area contributed by atoms with Crippen molar-refractivity contribution >= 4 is 75.9 Å². The topological polar surface area (TPSA) is 126 Å². The van der Waals surface area contributed by atoms with Gasteiger partial charge in [-0.05, 0) is 58.9 Å². The van der Waals surface area contributed by atoms with Crippen LogP contribution in [0.5, 0.6) is 0 Å². The standard InChI is InChI=1S/C38H36N7O3PS2.BrH.Cu/c1-39-37(50)43-41-36(30-22-24-31(25-23-30)45(46)47)35(29-14-6-2-7-15-29)42-44-38(51)40-26-27-48-28-49(32-16-8-3-9-17-32,33-18-10-4-11-19-33)34-20-12-5-13-21-34;;/h2-25H,26-28H2,1H3,(H3-,39,40,41,42,43,44,50,51);1H;/q;;+2/p-2. The molecule has 0 spiro atoms.